The minimum atomic E-state index is -0.485. The molecule has 1 fully saturated rings. The van der Waals surface area contributed by atoms with Crippen molar-refractivity contribution in [3.8, 4) is 0 Å². The van der Waals surface area contributed by atoms with Crippen LogP contribution in [0.5, 0.6) is 0 Å². The molecule has 7 nitrogen and oxygen atoms in total. The second kappa shape index (κ2) is 8.79. The van der Waals surface area contributed by atoms with E-state index in [1.54, 1.807) is 21.0 Å². The van der Waals surface area contributed by atoms with Gasteiger partial charge in [0.2, 0.25) is 0 Å². The summed E-state index contributed by atoms with van der Waals surface area (Å²) in [6.45, 7) is 3.79. The maximum Gasteiger partial charge on any atom is 0.341 e. The maximum atomic E-state index is 12.4. The van der Waals surface area contributed by atoms with E-state index in [0.29, 0.717) is 32.2 Å². The summed E-state index contributed by atoms with van der Waals surface area (Å²) in [7, 11) is 6.79. The summed E-state index contributed by atoms with van der Waals surface area (Å²) in [4.78, 5) is 28.9. The summed E-state index contributed by atoms with van der Waals surface area (Å²) in [5.41, 5.74) is 0.959. The number of anilines is 1. The van der Waals surface area contributed by atoms with Crippen LogP contribution in [0.15, 0.2) is 0 Å². The molecule has 1 saturated heterocycles. The lowest BCUT2D eigenvalue weighted by Crippen LogP contribution is -2.44. The predicted molar refractivity (Wildman–Crippen MR) is 108 cm³/mol. The highest BCUT2D eigenvalue weighted by molar-refractivity contribution is 7.80. The van der Waals surface area contributed by atoms with Crippen LogP contribution in [0, 0.1) is 6.92 Å². The molecule has 0 saturated carbocycles. The number of hydrogen-bond acceptors (Lipinski definition) is 6. The predicted octanol–water partition coefficient (Wildman–Crippen LogP) is 1.93. The Kier molecular flexibility index (Phi) is 6.96. The number of methoxy groups -OCH3 is 1. The summed E-state index contributed by atoms with van der Waals surface area (Å²) >= 11 is 6.64. The van der Waals surface area contributed by atoms with E-state index >= 15 is 0 Å². The zero-order valence-corrected chi connectivity index (χ0v) is 17.5. The normalized spacial score (nSPS) is 15.4. The number of amides is 1. The fraction of sp³-hybridized carbons (Fsp3) is 0.588. The number of nitrogens with one attached hydrogen (secondary N) is 2. The average molecular weight is 399 g/mol. The van der Waals surface area contributed by atoms with Crippen molar-refractivity contribution >= 4 is 45.5 Å². The Balaban J connectivity index is 2.19. The van der Waals surface area contributed by atoms with Gasteiger partial charge in [-0.3, -0.25) is 4.79 Å². The zero-order valence-electron chi connectivity index (χ0n) is 15.8. The van der Waals surface area contributed by atoms with Gasteiger partial charge in [0.1, 0.15) is 5.00 Å². The first-order valence-electron chi connectivity index (χ1n) is 8.44. The van der Waals surface area contributed by atoms with Gasteiger partial charge in [0.15, 0.2) is 5.11 Å². The monoisotopic (exact) mass is 398 g/mol. The van der Waals surface area contributed by atoms with Gasteiger partial charge in [-0.2, -0.15) is 0 Å². The van der Waals surface area contributed by atoms with E-state index in [0.717, 1.165) is 25.9 Å². The molecule has 1 aromatic rings. The minimum Gasteiger partial charge on any atom is -0.465 e. The number of hydrogen-bond donors (Lipinski definition) is 2. The molecule has 1 aliphatic rings. The average Bonchev–Trinajstić information content (AvgIpc) is 2.91. The fourth-order valence-electron chi connectivity index (χ4n) is 2.83. The van der Waals surface area contributed by atoms with Gasteiger partial charge in [-0.25, -0.2) is 4.79 Å². The number of esters is 1. The second-order valence-corrected chi connectivity index (χ2v) is 8.06. The van der Waals surface area contributed by atoms with Crippen LogP contribution in [0.1, 0.15) is 38.4 Å². The third-order valence-corrected chi connectivity index (χ3v) is 5.83. The minimum absolute atomic E-state index is 0.153. The number of rotatable bonds is 4. The molecule has 9 heteroatoms. The van der Waals surface area contributed by atoms with Gasteiger partial charge in [0.25, 0.3) is 5.91 Å². The molecule has 2 N–H and O–H groups in total. The van der Waals surface area contributed by atoms with Crippen molar-refractivity contribution in [1.29, 1.82) is 0 Å². The van der Waals surface area contributed by atoms with Crippen molar-refractivity contribution in [2.24, 2.45) is 0 Å². The lowest BCUT2D eigenvalue weighted by atomic mass is 10.1. The van der Waals surface area contributed by atoms with Crippen LogP contribution < -0.4 is 10.6 Å². The molecule has 1 aliphatic heterocycles. The lowest BCUT2D eigenvalue weighted by molar-refractivity contribution is 0.0601. The molecule has 0 aromatic carbocycles. The molecule has 0 spiro atoms. The number of piperidine rings is 1. The smallest absolute Gasteiger partial charge is 0.341 e. The van der Waals surface area contributed by atoms with Crippen LogP contribution in [0.2, 0.25) is 0 Å². The Morgan fingerprint density at radius 1 is 1.31 bits per heavy atom. The van der Waals surface area contributed by atoms with Gasteiger partial charge in [0, 0.05) is 20.1 Å². The van der Waals surface area contributed by atoms with E-state index in [1.165, 1.54) is 23.3 Å². The van der Waals surface area contributed by atoms with Gasteiger partial charge in [0.05, 0.1) is 17.6 Å². The highest BCUT2D eigenvalue weighted by Gasteiger charge is 2.27. The molecular weight excluding hydrogens is 372 g/mol. The Bertz CT molecular complexity index is 694. The Hall–Kier alpha value is -1.71. The molecule has 0 unspecified atom stereocenters. The van der Waals surface area contributed by atoms with Crippen LogP contribution >= 0.6 is 23.6 Å². The lowest BCUT2D eigenvalue weighted by Gasteiger charge is -2.30. The second-order valence-electron chi connectivity index (χ2n) is 6.63. The third kappa shape index (κ3) is 4.72. The van der Waals surface area contributed by atoms with Gasteiger partial charge in [-0.1, -0.05) is 0 Å². The van der Waals surface area contributed by atoms with Crippen LogP contribution in [0.25, 0.3) is 0 Å². The summed E-state index contributed by atoms with van der Waals surface area (Å²) in [5, 5.41) is 7.38. The first kappa shape index (κ1) is 20.6. The molecule has 2 heterocycles. The fourth-order valence-corrected chi connectivity index (χ4v) is 4.39. The van der Waals surface area contributed by atoms with Gasteiger partial charge in [-0.15, -0.1) is 11.3 Å². The maximum absolute atomic E-state index is 12.4. The van der Waals surface area contributed by atoms with E-state index in [4.69, 9.17) is 17.0 Å². The molecular formula is C17H26N4O3S2. The quantitative estimate of drug-likeness (QED) is 0.593. The number of carbonyl (C=O) groups is 2. The number of likely N-dealkylation sites (tertiary alicyclic amines) is 1. The number of nitrogens with zero attached hydrogens (tertiary/aromatic N) is 2. The summed E-state index contributed by atoms with van der Waals surface area (Å²) in [6, 6.07) is 0.303. The van der Waals surface area contributed by atoms with Gasteiger partial charge >= 0.3 is 5.97 Å². The molecule has 0 bridgehead atoms. The summed E-state index contributed by atoms with van der Waals surface area (Å²) < 4.78 is 4.89. The summed E-state index contributed by atoms with van der Waals surface area (Å²) in [5.74, 6) is -0.638. The van der Waals surface area contributed by atoms with E-state index < -0.39 is 5.97 Å². The van der Waals surface area contributed by atoms with Crippen LogP contribution in [-0.4, -0.2) is 74.2 Å². The topological polar surface area (TPSA) is 73.9 Å². The van der Waals surface area contributed by atoms with Crippen LogP contribution in [-0.2, 0) is 4.74 Å². The van der Waals surface area contributed by atoms with Crippen molar-refractivity contribution in [2.45, 2.75) is 25.8 Å². The number of thiocarbonyl (C=S) groups is 1. The van der Waals surface area contributed by atoms with Crippen LogP contribution in [0.4, 0.5) is 5.00 Å². The zero-order chi connectivity index (χ0) is 19.4. The molecule has 2 rings (SSSR count). The van der Waals surface area contributed by atoms with Crippen molar-refractivity contribution in [1.82, 2.24) is 15.1 Å². The van der Waals surface area contributed by atoms with Crippen molar-refractivity contribution < 1.29 is 14.3 Å². The molecule has 0 atom stereocenters. The number of ether oxygens (including phenoxy) is 1. The first-order chi connectivity index (χ1) is 12.2. The SMILES string of the molecule is COC(=O)c1c(NC(=S)NC2CCN(C)CC2)sc(C(=O)N(C)C)c1C. The molecule has 0 aliphatic carbocycles. The molecule has 26 heavy (non-hydrogen) atoms. The Labute approximate surface area is 163 Å². The Morgan fingerprint density at radius 3 is 2.46 bits per heavy atom. The Morgan fingerprint density at radius 2 is 1.92 bits per heavy atom. The first-order valence-corrected chi connectivity index (χ1v) is 9.66. The molecule has 144 valence electrons. The van der Waals surface area contributed by atoms with E-state index in [2.05, 4.69) is 22.6 Å². The largest absolute Gasteiger partial charge is 0.465 e. The van der Waals surface area contributed by atoms with E-state index in [9.17, 15) is 9.59 Å². The molecule has 1 aromatic heterocycles. The van der Waals surface area contributed by atoms with Crippen molar-refractivity contribution in [3.63, 3.8) is 0 Å². The number of thiophene rings is 1. The highest BCUT2D eigenvalue weighted by Crippen LogP contribution is 2.34. The summed E-state index contributed by atoms with van der Waals surface area (Å²) in [6.07, 6.45) is 2.02. The molecule has 1 amide bonds. The van der Waals surface area contributed by atoms with Gasteiger partial charge in [-0.05, 0) is 57.7 Å². The highest BCUT2D eigenvalue weighted by atomic mass is 32.1. The number of carbonyl (C=O) groups excluding carboxylic acids is 2. The van der Waals surface area contributed by atoms with Crippen molar-refractivity contribution in [2.75, 3.05) is 46.7 Å². The van der Waals surface area contributed by atoms with Crippen LogP contribution in [0.3, 0.4) is 0 Å². The third-order valence-electron chi connectivity index (χ3n) is 4.42. The standard InChI is InChI=1S/C17H26N4O3S2/c1-10-12(16(23)24-5)14(26-13(10)15(22)20(2)3)19-17(25)18-11-6-8-21(4)9-7-11/h11H,6-9H2,1-5H3,(H2,18,19,25). The molecule has 0 radical (unpaired) electrons. The van der Waals surface area contributed by atoms with Gasteiger partial charge < -0.3 is 25.2 Å². The van der Waals surface area contributed by atoms with Crippen molar-refractivity contribution in [3.05, 3.63) is 16.0 Å². The van der Waals surface area contributed by atoms with E-state index in [-0.39, 0.29) is 5.91 Å². The van der Waals surface area contributed by atoms with E-state index in [1.807, 2.05) is 0 Å².